The van der Waals surface area contributed by atoms with E-state index >= 15 is 0 Å². The minimum absolute atomic E-state index is 0. The molecule has 3 N–H and O–H groups in total. The molecule has 0 aliphatic carbocycles. The molecule has 0 spiro atoms. The highest BCUT2D eigenvalue weighted by atomic mass is 127. The van der Waals surface area contributed by atoms with Gasteiger partial charge < -0.3 is 25.4 Å². The minimum Gasteiger partial charge on any atom is -0.491 e. The number of hydrogen-bond donors (Lipinski definition) is 3. The van der Waals surface area contributed by atoms with Gasteiger partial charge in [-0.1, -0.05) is 12.1 Å². The highest BCUT2D eigenvalue weighted by Crippen LogP contribution is 2.19. The Morgan fingerprint density at radius 3 is 2.45 bits per heavy atom. The van der Waals surface area contributed by atoms with E-state index in [2.05, 4.69) is 27.4 Å². The summed E-state index contributed by atoms with van der Waals surface area (Å²) in [5, 5.41) is 17.1. The molecule has 1 aliphatic rings. The maximum atomic E-state index is 10.4. The van der Waals surface area contributed by atoms with Crippen LogP contribution in [0.25, 0.3) is 0 Å². The second-order valence-electron chi connectivity index (χ2n) is 7.65. The van der Waals surface area contributed by atoms with Crippen molar-refractivity contribution in [1.29, 1.82) is 0 Å². The lowest BCUT2D eigenvalue weighted by Crippen LogP contribution is -2.38. The molecule has 1 aromatic rings. The van der Waals surface area contributed by atoms with Gasteiger partial charge in [0.05, 0.1) is 18.8 Å². The van der Waals surface area contributed by atoms with Crippen LogP contribution in [0.1, 0.15) is 58.1 Å². The Kier molecular flexibility index (Phi) is 13.3. The van der Waals surface area contributed by atoms with Gasteiger partial charge in [0.1, 0.15) is 5.75 Å². The van der Waals surface area contributed by atoms with Crippen LogP contribution in [0, 0.1) is 0 Å². The van der Waals surface area contributed by atoms with Gasteiger partial charge in [-0.15, -0.1) is 24.0 Å². The van der Waals surface area contributed by atoms with Crippen molar-refractivity contribution in [2.24, 2.45) is 4.99 Å². The second-order valence-corrected chi connectivity index (χ2v) is 7.65. The average molecular weight is 518 g/mol. The molecule has 6 nitrogen and oxygen atoms in total. The number of aliphatic hydroxyl groups is 1. The van der Waals surface area contributed by atoms with E-state index < -0.39 is 6.10 Å². The number of unbranched alkanes of at least 4 members (excludes halogenated alkanes) is 1. The predicted molar refractivity (Wildman–Crippen MR) is 131 cm³/mol. The molecule has 1 heterocycles. The zero-order valence-electron chi connectivity index (χ0n) is 18.2. The lowest BCUT2D eigenvalue weighted by molar-refractivity contribution is 0.186. The normalized spacial score (nSPS) is 15.8. The molecule has 2 rings (SSSR count). The Hall–Kier alpha value is -1.06. The predicted octanol–water partition coefficient (Wildman–Crippen LogP) is 3.56. The van der Waals surface area contributed by atoms with Gasteiger partial charge in [-0.25, -0.2) is 0 Å². The number of rotatable bonds is 11. The summed E-state index contributed by atoms with van der Waals surface area (Å²) in [4.78, 5) is 7.09. The van der Waals surface area contributed by atoms with Crippen molar-refractivity contribution >= 4 is 29.9 Å². The van der Waals surface area contributed by atoms with E-state index in [0.717, 1.165) is 36.8 Å². The molecule has 1 aliphatic heterocycles. The molecule has 1 fully saturated rings. The van der Waals surface area contributed by atoms with Crippen LogP contribution in [0.5, 0.6) is 5.75 Å². The van der Waals surface area contributed by atoms with Gasteiger partial charge in [-0.2, -0.15) is 0 Å². The molecule has 1 unspecified atom stereocenters. The van der Waals surface area contributed by atoms with Crippen LogP contribution in [-0.2, 0) is 0 Å². The third-order valence-corrected chi connectivity index (χ3v) is 4.80. The van der Waals surface area contributed by atoms with Gasteiger partial charge >= 0.3 is 0 Å². The first-order valence-electron chi connectivity index (χ1n) is 10.8. The number of nitrogens with one attached hydrogen (secondary N) is 2. The van der Waals surface area contributed by atoms with Gasteiger partial charge in [0.2, 0.25) is 0 Å². The number of aliphatic hydroxyl groups excluding tert-OH is 1. The fraction of sp³-hybridized carbons (Fsp3) is 0.682. The maximum Gasteiger partial charge on any atom is 0.191 e. The fourth-order valence-electron chi connectivity index (χ4n) is 3.34. The van der Waals surface area contributed by atoms with Crippen molar-refractivity contribution in [2.75, 3.05) is 39.3 Å². The van der Waals surface area contributed by atoms with Gasteiger partial charge in [-0.3, -0.25) is 4.99 Å². The molecule has 166 valence electrons. The molecular formula is C22H39IN4O2. The lowest BCUT2D eigenvalue weighted by atomic mass is 10.1. The van der Waals surface area contributed by atoms with Crippen LogP contribution in [0.3, 0.4) is 0 Å². The molecule has 1 atom stereocenters. The monoisotopic (exact) mass is 518 g/mol. The first-order chi connectivity index (χ1) is 13.6. The van der Waals surface area contributed by atoms with Gasteiger partial charge in [0.15, 0.2) is 5.96 Å². The Morgan fingerprint density at radius 1 is 1.14 bits per heavy atom. The summed E-state index contributed by atoms with van der Waals surface area (Å²) in [6.07, 6.45) is 4.56. The van der Waals surface area contributed by atoms with E-state index in [1.165, 1.54) is 38.9 Å². The summed E-state index contributed by atoms with van der Waals surface area (Å²) in [6.45, 7) is 11.8. The standard InChI is InChI=1S/C22H38N4O2.HI/c1-4-23-22(24-13-5-6-14-26-15-7-8-16-26)25-17-21(27)19-9-11-20(12-10-19)28-18(2)3;/h9-12,18,21,27H,4-8,13-17H2,1-3H3,(H2,23,24,25);1H. The van der Waals surface area contributed by atoms with Crippen molar-refractivity contribution in [3.05, 3.63) is 29.8 Å². The van der Waals surface area contributed by atoms with Crippen molar-refractivity contribution in [3.63, 3.8) is 0 Å². The van der Waals surface area contributed by atoms with Crippen LogP contribution in [0.4, 0.5) is 0 Å². The van der Waals surface area contributed by atoms with Gasteiger partial charge in [0, 0.05) is 13.1 Å². The summed E-state index contributed by atoms with van der Waals surface area (Å²) in [5.41, 5.74) is 0.848. The SMILES string of the molecule is CCNC(=NCC(O)c1ccc(OC(C)C)cc1)NCCCCN1CCCC1.I. The van der Waals surface area contributed by atoms with Crippen molar-refractivity contribution in [3.8, 4) is 5.75 Å². The van der Waals surface area contributed by atoms with Crippen LogP contribution < -0.4 is 15.4 Å². The number of aliphatic imine (C=N–C) groups is 1. The molecule has 0 radical (unpaired) electrons. The number of benzene rings is 1. The number of ether oxygens (including phenoxy) is 1. The number of nitrogens with zero attached hydrogens (tertiary/aromatic N) is 2. The summed E-state index contributed by atoms with van der Waals surface area (Å²) in [5.74, 6) is 1.58. The molecule has 7 heteroatoms. The number of halogens is 1. The number of guanidine groups is 1. The van der Waals surface area contributed by atoms with Crippen LogP contribution in [0.2, 0.25) is 0 Å². The smallest absolute Gasteiger partial charge is 0.191 e. The van der Waals surface area contributed by atoms with Crippen molar-refractivity contribution < 1.29 is 9.84 Å². The molecule has 0 bridgehead atoms. The Morgan fingerprint density at radius 2 is 1.83 bits per heavy atom. The molecule has 0 aromatic heterocycles. The minimum atomic E-state index is -0.626. The molecular weight excluding hydrogens is 479 g/mol. The zero-order valence-corrected chi connectivity index (χ0v) is 20.5. The first kappa shape index (κ1) is 26.0. The average Bonchev–Trinajstić information content (AvgIpc) is 3.19. The Labute approximate surface area is 193 Å². The largest absolute Gasteiger partial charge is 0.491 e. The number of likely N-dealkylation sites (tertiary alicyclic amines) is 1. The van der Waals surface area contributed by atoms with Gasteiger partial charge in [-0.05, 0) is 83.8 Å². The maximum absolute atomic E-state index is 10.4. The Bertz CT molecular complexity index is 575. The quantitative estimate of drug-likeness (QED) is 0.181. The summed E-state index contributed by atoms with van der Waals surface area (Å²) in [7, 11) is 0. The van der Waals surface area contributed by atoms with Crippen molar-refractivity contribution in [1.82, 2.24) is 15.5 Å². The first-order valence-corrected chi connectivity index (χ1v) is 10.8. The molecule has 1 saturated heterocycles. The molecule has 0 saturated carbocycles. The van der Waals surface area contributed by atoms with Crippen molar-refractivity contribution in [2.45, 2.75) is 58.7 Å². The van der Waals surface area contributed by atoms with E-state index in [1.54, 1.807) is 0 Å². The molecule has 29 heavy (non-hydrogen) atoms. The van der Waals surface area contributed by atoms with E-state index in [9.17, 15) is 5.11 Å². The van der Waals surface area contributed by atoms with Crippen LogP contribution in [0.15, 0.2) is 29.3 Å². The van der Waals surface area contributed by atoms with E-state index in [1.807, 2.05) is 38.1 Å². The molecule has 1 aromatic carbocycles. The highest BCUT2D eigenvalue weighted by molar-refractivity contribution is 14.0. The van der Waals surface area contributed by atoms with Gasteiger partial charge in [0.25, 0.3) is 0 Å². The lowest BCUT2D eigenvalue weighted by Gasteiger charge is -2.16. The number of hydrogen-bond acceptors (Lipinski definition) is 4. The van der Waals surface area contributed by atoms with E-state index in [-0.39, 0.29) is 30.1 Å². The fourth-order valence-corrected chi connectivity index (χ4v) is 3.34. The van der Waals surface area contributed by atoms with Crippen LogP contribution in [-0.4, -0.2) is 61.3 Å². The summed E-state index contributed by atoms with van der Waals surface area (Å²) < 4.78 is 5.64. The zero-order chi connectivity index (χ0) is 20.2. The van der Waals surface area contributed by atoms with E-state index in [0.29, 0.717) is 6.54 Å². The molecule has 0 amide bonds. The highest BCUT2D eigenvalue weighted by Gasteiger charge is 2.10. The third-order valence-electron chi connectivity index (χ3n) is 4.80. The summed E-state index contributed by atoms with van der Waals surface area (Å²) >= 11 is 0. The Balaban J connectivity index is 0.00000420. The van der Waals surface area contributed by atoms with Crippen LogP contribution >= 0.6 is 24.0 Å². The second kappa shape index (κ2) is 14.8. The topological polar surface area (TPSA) is 69.1 Å². The summed E-state index contributed by atoms with van der Waals surface area (Å²) in [6, 6.07) is 7.59. The van der Waals surface area contributed by atoms with E-state index in [4.69, 9.17) is 4.74 Å². The third kappa shape index (κ3) is 10.5.